The van der Waals surface area contributed by atoms with Crippen LogP contribution in [0.15, 0.2) is 48.5 Å². The number of hydrogen-bond donors (Lipinski definition) is 2. The Hall–Kier alpha value is -2.05. The van der Waals surface area contributed by atoms with Gasteiger partial charge in [-0.2, -0.15) is 0 Å². The van der Waals surface area contributed by atoms with Gasteiger partial charge in [-0.05, 0) is 48.5 Å². The molecule has 0 radical (unpaired) electrons. The van der Waals surface area contributed by atoms with Crippen molar-refractivity contribution in [3.8, 4) is 17.2 Å². The number of benzene rings is 2. The first-order valence-corrected chi connectivity index (χ1v) is 5.20. The van der Waals surface area contributed by atoms with Crippen molar-refractivity contribution in [2.24, 2.45) is 0 Å². The van der Waals surface area contributed by atoms with E-state index in [9.17, 15) is 4.39 Å². The normalized spacial score (nSPS) is 9.94. The number of halogens is 1. The molecule has 0 bridgehead atoms. The minimum Gasteiger partial charge on any atom is -0.512 e. The van der Waals surface area contributed by atoms with Crippen molar-refractivity contribution < 1.29 is 23.8 Å². The minimum atomic E-state index is -1.85. The Labute approximate surface area is 103 Å². The molecular formula is C12H10BFO4. The zero-order chi connectivity index (χ0) is 13.0. The number of ether oxygens (including phenoxy) is 1. The van der Waals surface area contributed by atoms with Gasteiger partial charge in [0.05, 0.1) is 0 Å². The van der Waals surface area contributed by atoms with Crippen LogP contribution < -0.4 is 9.39 Å². The molecule has 0 fully saturated rings. The van der Waals surface area contributed by atoms with Gasteiger partial charge in [-0.25, -0.2) is 4.39 Å². The highest BCUT2D eigenvalue weighted by molar-refractivity contribution is 6.33. The highest BCUT2D eigenvalue weighted by Gasteiger charge is 2.10. The summed E-state index contributed by atoms with van der Waals surface area (Å²) in [5.74, 6) is 1.01. The second-order valence-electron chi connectivity index (χ2n) is 3.47. The van der Waals surface area contributed by atoms with Crippen molar-refractivity contribution in [2.45, 2.75) is 0 Å². The van der Waals surface area contributed by atoms with E-state index in [-0.39, 0.29) is 5.82 Å². The molecule has 0 aromatic heterocycles. The molecule has 6 heteroatoms. The van der Waals surface area contributed by atoms with Gasteiger partial charge in [0.25, 0.3) is 0 Å². The number of rotatable bonds is 4. The summed E-state index contributed by atoms with van der Waals surface area (Å²) in [4.78, 5) is 0. The molecule has 2 N–H and O–H groups in total. The van der Waals surface area contributed by atoms with Crippen LogP contribution in [0, 0.1) is 5.82 Å². The first-order valence-electron chi connectivity index (χ1n) is 5.20. The molecule has 0 heterocycles. The standard InChI is InChI=1S/C12H10BFO4/c14-9-1-3-10(4-2-9)17-11-5-7-12(8-6-11)18-13(15)16/h1-8,15-16H. The summed E-state index contributed by atoms with van der Waals surface area (Å²) in [7, 11) is -1.85. The maximum Gasteiger partial charge on any atom is 0.707 e. The Kier molecular flexibility index (Phi) is 3.81. The van der Waals surface area contributed by atoms with E-state index in [2.05, 4.69) is 4.65 Å². The minimum absolute atomic E-state index is 0.302. The van der Waals surface area contributed by atoms with Crippen LogP contribution in [0.5, 0.6) is 17.2 Å². The third-order valence-corrected chi connectivity index (χ3v) is 2.11. The summed E-state index contributed by atoms with van der Waals surface area (Å²) >= 11 is 0. The smallest absolute Gasteiger partial charge is 0.512 e. The van der Waals surface area contributed by atoms with Crippen molar-refractivity contribution in [2.75, 3.05) is 0 Å². The fourth-order valence-corrected chi connectivity index (χ4v) is 1.35. The van der Waals surface area contributed by atoms with Crippen LogP contribution in [0.1, 0.15) is 0 Å². The van der Waals surface area contributed by atoms with Crippen LogP contribution in [-0.2, 0) is 0 Å². The molecule has 0 amide bonds. The van der Waals surface area contributed by atoms with Crippen molar-refractivity contribution in [1.82, 2.24) is 0 Å². The van der Waals surface area contributed by atoms with Crippen LogP contribution in [0.3, 0.4) is 0 Å². The van der Waals surface area contributed by atoms with Gasteiger partial charge >= 0.3 is 7.32 Å². The summed E-state index contributed by atoms with van der Waals surface area (Å²) in [6, 6.07) is 11.9. The van der Waals surface area contributed by atoms with Crippen LogP contribution in [0.2, 0.25) is 0 Å². The Bertz CT molecular complexity index is 498. The maximum atomic E-state index is 12.7. The molecule has 0 aliphatic heterocycles. The summed E-state index contributed by atoms with van der Waals surface area (Å²) in [5.41, 5.74) is 0. The molecule has 0 unspecified atom stereocenters. The summed E-state index contributed by atoms with van der Waals surface area (Å²) < 4.78 is 22.8. The van der Waals surface area contributed by atoms with Crippen molar-refractivity contribution in [1.29, 1.82) is 0 Å². The molecule has 18 heavy (non-hydrogen) atoms. The van der Waals surface area contributed by atoms with E-state index in [1.807, 2.05) is 0 Å². The first-order chi connectivity index (χ1) is 8.63. The highest BCUT2D eigenvalue weighted by atomic mass is 19.1. The SMILES string of the molecule is OB(O)Oc1ccc(Oc2ccc(F)cc2)cc1. The average molecular weight is 248 g/mol. The predicted octanol–water partition coefficient (Wildman–Crippen LogP) is 1.97. The van der Waals surface area contributed by atoms with E-state index in [1.165, 1.54) is 36.4 Å². The van der Waals surface area contributed by atoms with Gasteiger partial charge in [0, 0.05) is 0 Å². The van der Waals surface area contributed by atoms with Gasteiger partial charge in [-0.15, -0.1) is 0 Å². The van der Waals surface area contributed by atoms with Gasteiger partial charge in [-0.1, -0.05) is 0 Å². The van der Waals surface area contributed by atoms with E-state index in [1.54, 1.807) is 12.1 Å². The van der Waals surface area contributed by atoms with E-state index in [0.717, 1.165) is 0 Å². The van der Waals surface area contributed by atoms with E-state index >= 15 is 0 Å². The Balaban J connectivity index is 2.04. The zero-order valence-corrected chi connectivity index (χ0v) is 9.29. The lowest BCUT2D eigenvalue weighted by molar-refractivity contribution is 0.288. The van der Waals surface area contributed by atoms with E-state index in [0.29, 0.717) is 17.2 Å². The molecule has 0 saturated heterocycles. The summed E-state index contributed by atoms with van der Waals surface area (Å²) in [6.07, 6.45) is 0. The molecule has 0 aliphatic rings. The molecular weight excluding hydrogens is 238 g/mol. The monoisotopic (exact) mass is 248 g/mol. The van der Waals surface area contributed by atoms with Crippen molar-refractivity contribution in [3.63, 3.8) is 0 Å². The molecule has 92 valence electrons. The number of hydrogen-bond acceptors (Lipinski definition) is 4. The quantitative estimate of drug-likeness (QED) is 0.812. The van der Waals surface area contributed by atoms with Gasteiger partial charge in [0.1, 0.15) is 23.1 Å². The van der Waals surface area contributed by atoms with Crippen LogP contribution >= 0.6 is 0 Å². The Morgan fingerprint density at radius 2 is 1.22 bits per heavy atom. The lowest BCUT2D eigenvalue weighted by Crippen LogP contribution is -2.20. The second-order valence-corrected chi connectivity index (χ2v) is 3.47. The van der Waals surface area contributed by atoms with E-state index < -0.39 is 7.32 Å². The first kappa shape index (κ1) is 12.4. The fourth-order valence-electron chi connectivity index (χ4n) is 1.35. The molecule has 0 atom stereocenters. The summed E-state index contributed by atoms with van der Waals surface area (Å²) in [5, 5.41) is 17.2. The van der Waals surface area contributed by atoms with Gasteiger partial charge in [-0.3, -0.25) is 0 Å². The van der Waals surface area contributed by atoms with Crippen molar-refractivity contribution >= 4 is 7.32 Å². The molecule has 2 aromatic rings. The topological polar surface area (TPSA) is 58.9 Å². The third-order valence-electron chi connectivity index (χ3n) is 2.11. The fraction of sp³-hybridized carbons (Fsp3) is 0. The van der Waals surface area contributed by atoms with Gasteiger partial charge < -0.3 is 19.4 Å². The second kappa shape index (κ2) is 5.53. The summed E-state index contributed by atoms with van der Waals surface area (Å²) in [6.45, 7) is 0. The van der Waals surface area contributed by atoms with Crippen LogP contribution in [0.4, 0.5) is 4.39 Å². The van der Waals surface area contributed by atoms with Crippen molar-refractivity contribution in [3.05, 3.63) is 54.3 Å². The Morgan fingerprint density at radius 3 is 1.72 bits per heavy atom. The highest BCUT2D eigenvalue weighted by Crippen LogP contribution is 2.23. The molecule has 0 aliphatic carbocycles. The molecule has 2 aromatic carbocycles. The van der Waals surface area contributed by atoms with Crippen LogP contribution in [-0.4, -0.2) is 17.4 Å². The van der Waals surface area contributed by atoms with Gasteiger partial charge in [0.15, 0.2) is 0 Å². The lowest BCUT2D eigenvalue weighted by Gasteiger charge is -2.07. The van der Waals surface area contributed by atoms with Crippen LogP contribution in [0.25, 0.3) is 0 Å². The maximum absolute atomic E-state index is 12.7. The van der Waals surface area contributed by atoms with E-state index in [4.69, 9.17) is 14.8 Å². The molecule has 4 nitrogen and oxygen atoms in total. The van der Waals surface area contributed by atoms with Gasteiger partial charge in [0.2, 0.25) is 0 Å². The average Bonchev–Trinajstić information content (AvgIpc) is 2.34. The zero-order valence-electron chi connectivity index (χ0n) is 9.29. The molecule has 0 saturated carbocycles. The lowest BCUT2D eigenvalue weighted by atomic mass is 10.2. The predicted molar refractivity (Wildman–Crippen MR) is 63.7 cm³/mol. The third kappa shape index (κ3) is 3.48. The largest absolute Gasteiger partial charge is 0.707 e. The Morgan fingerprint density at radius 1 is 0.778 bits per heavy atom. The molecule has 2 rings (SSSR count). The molecule has 0 spiro atoms.